The van der Waals surface area contributed by atoms with E-state index in [-0.39, 0.29) is 29.8 Å². The lowest BCUT2D eigenvalue weighted by Crippen LogP contribution is -2.48. The fraction of sp³-hybridized carbons (Fsp3) is 0.650. The van der Waals surface area contributed by atoms with Crippen LogP contribution in [-0.4, -0.2) is 51.9 Å². The zero-order chi connectivity index (χ0) is 18.7. The molecule has 3 rings (SSSR count). The van der Waals surface area contributed by atoms with Crippen LogP contribution in [0.5, 0.6) is 0 Å². The van der Waals surface area contributed by atoms with Crippen LogP contribution in [0.15, 0.2) is 29.2 Å². The quantitative estimate of drug-likeness (QED) is 0.777. The smallest absolute Gasteiger partial charge is 0.250 e. The van der Waals surface area contributed by atoms with Gasteiger partial charge in [-0.05, 0) is 30.7 Å². The second-order valence-electron chi connectivity index (χ2n) is 7.87. The number of aryl methyl sites for hydroxylation is 1. The molecule has 26 heavy (non-hydrogen) atoms. The maximum atomic E-state index is 12.7. The first-order valence-corrected chi connectivity index (χ1v) is 9.68. The first-order valence-electron chi connectivity index (χ1n) is 9.68. The second-order valence-corrected chi connectivity index (χ2v) is 7.87. The fourth-order valence-corrected chi connectivity index (χ4v) is 3.61. The monoisotopic (exact) mass is 359 g/mol. The van der Waals surface area contributed by atoms with Crippen molar-refractivity contribution in [3.05, 3.63) is 34.7 Å². The van der Waals surface area contributed by atoms with Crippen molar-refractivity contribution in [2.24, 2.45) is 11.8 Å². The number of carbonyl (C=O) groups is 2. The summed E-state index contributed by atoms with van der Waals surface area (Å²) in [6.07, 6.45) is 4.81. The van der Waals surface area contributed by atoms with Crippen LogP contribution in [-0.2, 0) is 16.1 Å². The summed E-state index contributed by atoms with van der Waals surface area (Å²) in [5, 5.41) is 0. The summed E-state index contributed by atoms with van der Waals surface area (Å²) < 4.78 is 1.56. The normalized spacial score (nSPS) is 21.2. The minimum absolute atomic E-state index is 0.0208. The Labute approximate surface area is 154 Å². The topological polar surface area (TPSA) is 62.6 Å². The molecule has 142 valence electrons. The number of amides is 2. The van der Waals surface area contributed by atoms with Gasteiger partial charge in [0.1, 0.15) is 0 Å². The predicted octanol–water partition coefficient (Wildman–Crippen LogP) is 1.73. The number of pyridine rings is 1. The molecule has 0 N–H and O–H groups in total. The summed E-state index contributed by atoms with van der Waals surface area (Å²) in [4.78, 5) is 41.0. The molecule has 6 heteroatoms. The van der Waals surface area contributed by atoms with E-state index in [9.17, 15) is 14.4 Å². The van der Waals surface area contributed by atoms with Crippen molar-refractivity contribution in [2.75, 3.05) is 19.6 Å². The van der Waals surface area contributed by atoms with E-state index < -0.39 is 0 Å². The maximum absolute atomic E-state index is 12.7. The van der Waals surface area contributed by atoms with Gasteiger partial charge < -0.3 is 14.4 Å². The van der Waals surface area contributed by atoms with Crippen molar-refractivity contribution in [1.82, 2.24) is 14.4 Å². The van der Waals surface area contributed by atoms with E-state index >= 15 is 0 Å². The van der Waals surface area contributed by atoms with Crippen molar-refractivity contribution in [1.29, 1.82) is 0 Å². The molecule has 1 aromatic heterocycles. The zero-order valence-corrected chi connectivity index (χ0v) is 15.8. The highest BCUT2D eigenvalue weighted by atomic mass is 16.2. The summed E-state index contributed by atoms with van der Waals surface area (Å²) in [5.41, 5.74) is -0.0954. The maximum Gasteiger partial charge on any atom is 0.250 e. The van der Waals surface area contributed by atoms with E-state index in [1.165, 1.54) is 18.9 Å². The number of hydrogen-bond donors (Lipinski definition) is 0. The molecule has 1 atom stereocenters. The molecule has 2 heterocycles. The van der Waals surface area contributed by atoms with Crippen molar-refractivity contribution in [3.63, 3.8) is 0 Å². The van der Waals surface area contributed by atoms with Crippen molar-refractivity contribution < 1.29 is 9.59 Å². The van der Waals surface area contributed by atoms with Gasteiger partial charge in [0.15, 0.2) is 0 Å². The van der Waals surface area contributed by atoms with Gasteiger partial charge in [0, 0.05) is 51.3 Å². The Morgan fingerprint density at radius 3 is 2.65 bits per heavy atom. The Bertz CT molecular complexity index is 708. The molecule has 1 unspecified atom stereocenters. The van der Waals surface area contributed by atoms with Crippen LogP contribution >= 0.6 is 0 Å². The first kappa shape index (κ1) is 18.7. The van der Waals surface area contributed by atoms with Crippen LogP contribution in [0.4, 0.5) is 0 Å². The second kappa shape index (κ2) is 8.06. The van der Waals surface area contributed by atoms with Crippen LogP contribution in [0.2, 0.25) is 0 Å². The molecule has 0 spiro atoms. The van der Waals surface area contributed by atoms with Crippen LogP contribution in [0, 0.1) is 11.8 Å². The Hall–Kier alpha value is -2.11. The van der Waals surface area contributed by atoms with E-state index in [0.717, 1.165) is 6.54 Å². The molecule has 0 aromatic carbocycles. The third-order valence-electron chi connectivity index (χ3n) is 5.46. The van der Waals surface area contributed by atoms with E-state index in [1.54, 1.807) is 22.9 Å². The SMILES string of the molecule is CC(C)C1CN(C(=O)CCn2ccccc2=O)CCC(=O)N1CC1CC1. The lowest BCUT2D eigenvalue weighted by Gasteiger charge is -2.34. The minimum atomic E-state index is -0.0954. The number of rotatable bonds is 6. The Morgan fingerprint density at radius 2 is 2.00 bits per heavy atom. The van der Waals surface area contributed by atoms with Crippen LogP contribution in [0.1, 0.15) is 39.5 Å². The first-order chi connectivity index (χ1) is 12.5. The average molecular weight is 359 g/mol. The average Bonchev–Trinajstić information content (AvgIpc) is 3.43. The van der Waals surface area contributed by atoms with Gasteiger partial charge in [0.05, 0.1) is 6.04 Å². The summed E-state index contributed by atoms with van der Waals surface area (Å²) in [6, 6.07) is 5.07. The van der Waals surface area contributed by atoms with E-state index in [0.29, 0.717) is 37.9 Å². The lowest BCUT2D eigenvalue weighted by molar-refractivity contribution is -0.134. The summed E-state index contributed by atoms with van der Waals surface area (Å²) >= 11 is 0. The van der Waals surface area contributed by atoms with Gasteiger partial charge in [-0.2, -0.15) is 0 Å². The standard InChI is InChI=1S/C20H29N3O3/c1-15(2)17-14-22(12-9-20(26)23(17)13-16-6-7-16)19(25)8-11-21-10-4-3-5-18(21)24/h3-5,10,15-17H,6-9,11-14H2,1-2H3. The van der Waals surface area contributed by atoms with Crippen molar-refractivity contribution >= 4 is 11.8 Å². The van der Waals surface area contributed by atoms with Gasteiger partial charge in [-0.3, -0.25) is 14.4 Å². The molecular formula is C20H29N3O3. The summed E-state index contributed by atoms with van der Waals surface area (Å²) in [6.45, 7) is 6.53. The van der Waals surface area contributed by atoms with Crippen LogP contribution < -0.4 is 5.56 Å². The van der Waals surface area contributed by atoms with Gasteiger partial charge in [0.2, 0.25) is 11.8 Å². The highest BCUT2D eigenvalue weighted by Gasteiger charge is 2.36. The third-order valence-corrected chi connectivity index (χ3v) is 5.46. The summed E-state index contributed by atoms with van der Waals surface area (Å²) in [7, 11) is 0. The molecule has 6 nitrogen and oxygen atoms in total. The highest BCUT2D eigenvalue weighted by molar-refractivity contribution is 5.80. The van der Waals surface area contributed by atoms with Crippen molar-refractivity contribution in [2.45, 2.75) is 52.1 Å². The molecule has 1 aromatic rings. The number of aromatic nitrogens is 1. The van der Waals surface area contributed by atoms with E-state index in [1.807, 2.05) is 9.80 Å². The van der Waals surface area contributed by atoms with Gasteiger partial charge in [-0.15, -0.1) is 0 Å². The number of hydrogen-bond acceptors (Lipinski definition) is 3. The third kappa shape index (κ3) is 4.54. The zero-order valence-electron chi connectivity index (χ0n) is 15.8. The molecule has 0 bridgehead atoms. The van der Waals surface area contributed by atoms with Crippen LogP contribution in [0.3, 0.4) is 0 Å². The molecule has 2 fully saturated rings. The van der Waals surface area contributed by atoms with Gasteiger partial charge in [-0.25, -0.2) is 0 Å². The Kier molecular flexibility index (Phi) is 5.79. The Balaban J connectivity index is 1.65. The molecule has 2 aliphatic rings. The van der Waals surface area contributed by atoms with E-state index in [4.69, 9.17) is 0 Å². The molecule has 2 amide bonds. The predicted molar refractivity (Wildman–Crippen MR) is 99.6 cm³/mol. The molecule has 1 aliphatic heterocycles. The lowest BCUT2D eigenvalue weighted by atomic mass is 10.0. The number of nitrogens with zero attached hydrogens (tertiary/aromatic N) is 3. The molecule has 0 radical (unpaired) electrons. The molecule has 1 aliphatic carbocycles. The Morgan fingerprint density at radius 1 is 1.23 bits per heavy atom. The van der Waals surface area contributed by atoms with Crippen LogP contribution in [0.25, 0.3) is 0 Å². The molecular weight excluding hydrogens is 330 g/mol. The fourth-order valence-electron chi connectivity index (χ4n) is 3.61. The van der Waals surface area contributed by atoms with Gasteiger partial charge in [-0.1, -0.05) is 19.9 Å². The van der Waals surface area contributed by atoms with E-state index in [2.05, 4.69) is 13.8 Å². The molecule has 1 saturated carbocycles. The van der Waals surface area contributed by atoms with Crippen molar-refractivity contribution in [3.8, 4) is 0 Å². The van der Waals surface area contributed by atoms with Gasteiger partial charge >= 0.3 is 0 Å². The number of carbonyl (C=O) groups excluding carboxylic acids is 2. The summed E-state index contributed by atoms with van der Waals surface area (Å²) in [5.74, 6) is 1.15. The van der Waals surface area contributed by atoms with Gasteiger partial charge in [0.25, 0.3) is 5.56 Å². The highest BCUT2D eigenvalue weighted by Crippen LogP contribution is 2.32. The minimum Gasteiger partial charge on any atom is -0.340 e. The molecule has 1 saturated heterocycles. The largest absolute Gasteiger partial charge is 0.340 e.